The number of carbonyl (C=O) groups is 2. The molecule has 186 valence electrons. The number of hydrogen-bond donors (Lipinski definition) is 2. The zero-order chi connectivity index (χ0) is 25.3. The van der Waals surface area contributed by atoms with Crippen LogP contribution in [0.25, 0.3) is 0 Å². The van der Waals surface area contributed by atoms with Gasteiger partial charge in [-0.3, -0.25) is 9.59 Å². The van der Waals surface area contributed by atoms with Crippen LogP contribution < -0.4 is 10.6 Å². The van der Waals surface area contributed by atoms with E-state index in [0.717, 1.165) is 49.9 Å². The van der Waals surface area contributed by atoms with Gasteiger partial charge in [0.15, 0.2) is 0 Å². The molecule has 2 aromatic heterocycles. The third-order valence-corrected chi connectivity index (χ3v) is 8.16. The summed E-state index contributed by atoms with van der Waals surface area (Å²) in [6.07, 6.45) is 6.64. The highest BCUT2D eigenvalue weighted by Gasteiger charge is 2.18. The Morgan fingerprint density at radius 2 is 1.22 bits per heavy atom. The first kappa shape index (κ1) is 26.0. The molecule has 2 heterocycles. The number of nitriles is 2. The lowest BCUT2D eigenvalue weighted by atomic mass is 10.2. The molecule has 0 aromatic carbocycles. The average Bonchev–Trinajstić information content (AvgIpc) is 3.54. The van der Waals surface area contributed by atoms with Crippen molar-refractivity contribution in [3.63, 3.8) is 0 Å². The average molecular weight is 521 g/mol. The van der Waals surface area contributed by atoms with Crippen LogP contribution in [0.5, 0.6) is 0 Å². The Morgan fingerprint density at radius 3 is 1.64 bits per heavy atom. The quantitative estimate of drug-likeness (QED) is 0.341. The highest BCUT2D eigenvalue weighted by Crippen LogP contribution is 2.29. The zero-order valence-electron chi connectivity index (χ0n) is 20.1. The van der Waals surface area contributed by atoms with Crippen LogP contribution in [0.15, 0.2) is 22.2 Å². The lowest BCUT2D eigenvalue weighted by Crippen LogP contribution is -2.34. The summed E-state index contributed by atoms with van der Waals surface area (Å²) >= 11 is 2.87. The Bertz CT molecular complexity index is 1140. The van der Waals surface area contributed by atoms with E-state index < -0.39 is 0 Å². The van der Waals surface area contributed by atoms with Gasteiger partial charge in [0, 0.05) is 48.8 Å². The molecule has 2 amide bonds. The molecule has 0 saturated heterocycles. The standard InChI is InChI=1S/C26H28N6O2S2/c27-15-19-13-17-3-1-5-21(17)31-25(19)35-11-7-23(33)29-9-10-30-24(34)8-12-36-26-20(16-28)14-18-4-2-6-22(18)32-26/h13-14H,1-12H2,(H,29,33)(H,30,34). The molecule has 2 N–H and O–H groups in total. The summed E-state index contributed by atoms with van der Waals surface area (Å²) < 4.78 is 0. The van der Waals surface area contributed by atoms with Gasteiger partial charge in [0.2, 0.25) is 11.8 Å². The van der Waals surface area contributed by atoms with E-state index in [1.54, 1.807) is 0 Å². The van der Waals surface area contributed by atoms with E-state index >= 15 is 0 Å². The van der Waals surface area contributed by atoms with Crippen LogP contribution in [0, 0.1) is 22.7 Å². The number of fused-ring (bicyclic) bond motifs is 2. The minimum absolute atomic E-state index is 0.0984. The number of rotatable bonds is 11. The predicted octanol–water partition coefficient (Wildman–Crippen LogP) is 3.09. The maximum absolute atomic E-state index is 12.1. The zero-order valence-corrected chi connectivity index (χ0v) is 21.7. The van der Waals surface area contributed by atoms with Crippen molar-refractivity contribution in [1.82, 2.24) is 20.6 Å². The van der Waals surface area contributed by atoms with Crippen molar-refractivity contribution in [1.29, 1.82) is 10.5 Å². The third kappa shape index (κ3) is 6.77. The lowest BCUT2D eigenvalue weighted by Gasteiger charge is -2.09. The van der Waals surface area contributed by atoms with Crippen LogP contribution in [0.2, 0.25) is 0 Å². The van der Waals surface area contributed by atoms with Crippen molar-refractivity contribution in [3.05, 3.63) is 45.8 Å². The predicted molar refractivity (Wildman–Crippen MR) is 139 cm³/mol. The van der Waals surface area contributed by atoms with Gasteiger partial charge in [-0.1, -0.05) is 0 Å². The number of nitrogens with one attached hydrogen (secondary N) is 2. The molecule has 0 atom stereocenters. The number of nitrogens with zero attached hydrogens (tertiary/aromatic N) is 4. The van der Waals surface area contributed by atoms with Crippen molar-refractivity contribution in [3.8, 4) is 12.1 Å². The fourth-order valence-electron chi connectivity index (χ4n) is 4.35. The molecule has 2 aliphatic rings. The molecule has 8 nitrogen and oxygen atoms in total. The van der Waals surface area contributed by atoms with E-state index in [-0.39, 0.29) is 11.8 Å². The first-order chi connectivity index (χ1) is 17.6. The van der Waals surface area contributed by atoms with Crippen LogP contribution in [-0.2, 0) is 35.3 Å². The van der Waals surface area contributed by atoms with E-state index in [1.165, 1.54) is 34.7 Å². The summed E-state index contributed by atoms with van der Waals surface area (Å²) in [5, 5.41) is 25.8. The fraction of sp³-hybridized carbons (Fsp3) is 0.462. The Balaban J connectivity index is 1.09. The first-order valence-electron chi connectivity index (χ1n) is 12.2. The van der Waals surface area contributed by atoms with Crippen LogP contribution in [0.3, 0.4) is 0 Å². The molecule has 36 heavy (non-hydrogen) atoms. The molecule has 4 rings (SSSR count). The van der Waals surface area contributed by atoms with Gasteiger partial charge in [-0.15, -0.1) is 23.5 Å². The van der Waals surface area contributed by atoms with Crippen molar-refractivity contribution in [2.45, 2.75) is 61.4 Å². The number of amides is 2. The summed E-state index contributed by atoms with van der Waals surface area (Å²) in [7, 11) is 0. The van der Waals surface area contributed by atoms with E-state index in [4.69, 9.17) is 0 Å². The SMILES string of the molecule is N#Cc1cc2c(nc1SCCC(=O)NCCNC(=O)CCSc1nc3c(cc1C#N)CCC3)CCC2. The Hall–Kier alpha value is -3.08. The molecule has 10 heteroatoms. The molecule has 2 aliphatic carbocycles. The number of thioether (sulfide) groups is 2. The van der Waals surface area contributed by atoms with Gasteiger partial charge in [0.05, 0.1) is 11.1 Å². The fourth-order valence-corrected chi connectivity index (χ4v) is 6.18. The van der Waals surface area contributed by atoms with Gasteiger partial charge in [0.1, 0.15) is 22.2 Å². The van der Waals surface area contributed by atoms with Crippen molar-refractivity contribution in [2.24, 2.45) is 0 Å². The smallest absolute Gasteiger partial charge is 0.220 e. The minimum atomic E-state index is -0.0984. The number of pyridine rings is 2. The van der Waals surface area contributed by atoms with E-state index in [2.05, 4.69) is 32.7 Å². The monoisotopic (exact) mass is 520 g/mol. The van der Waals surface area contributed by atoms with Gasteiger partial charge in [-0.25, -0.2) is 9.97 Å². The maximum Gasteiger partial charge on any atom is 0.220 e. The van der Waals surface area contributed by atoms with Crippen LogP contribution in [0.4, 0.5) is 0 Å². The van der Waals surface area contributed by atoms with E-state index in [0.29, 0.717) is 58.6 Å². The molecule has 0 spiro atoms. The Morgan fingerprint density at radius 1 is 0.778 bits per heavy atom. The minimum Gasteiger partial charge on any atom is -0.354 e. The highest BCUT2D eigenvalue weighted by molar-refractivity contribution is 7.99. The summed E-state index contributed by atoms with van der Waals surface area (Å²) in [5.41, 5.74) is 5.64. The van der Waals surface area contributed by atoms with Gasteiger partial charge in [-0.2, -0.15) is 10.5 Å². The molecule has 0 saturated carbocycles. The first-order valence-corrected chi connectivity index (χ1v) is 14.2. The topological polar surface area (TPSA) is 132 Å². The summed E-state index contributed by atoms with van der Waals surface area (Å²) in [4.78, 5) is 33.5. The molecular weight excluding hydrogens is 492 g/mol. The molecule has 0 radical (unpaired) electrons. The van der Waals surface area contributed by atoms with Crippen LogP contribution >= 0.6 is 23.5 Å². The molecule has 0 fully saturated rings. The summed E-state index contributed by atoms with van der Waals surface area (Å²) in [6, 6.07) is 8.29. The van der Waals surface area contributed by atoms with E-state index in [1.807, 2.05) is 12.1 Å². The summed E-state index contributed by atoms with van der Waals surface area (Å²) in [5.74, 6) is 0.881. The number of carbonyl (C=O) groups excluding carboxylic acids is 2. The second-order valence-corrected chi connectivity index (χ2v) is 10.9. The van der Waals surface area contributed by atoms with Gasteiger partial charge in [-0.05, 0) is 61.8 Å². The number of hydrogen-bond acceptors (Lipinski definition) is 8. The molecule has 0 bridgehead atoms. The molecule has 0 unspecified atom stereocenters. The molecular formula is C26H28N6O2S2. The molecule has 2 aromatic rings. The number of aryl methyl sites for hydroxylation is 4. The molecule has 0 aliphatic heterocycles. The largest absolute Gasteiger partial charge is 0.354 e. The highest BCUT2D eigenvalue weighted by atomic mass is 32.2. The number of aromatic nitrogens is 2. The van der Waals surface area contributed by atoms with Crippen LogP contribution in [0.1, 0.15) is 59.3 Å². The second kappa shape index (κ2) is 12.8. The normalized spacial score (nSPS) is 13.4. The summed E-state index contributed by atoms with van der Waals surface area (Å²) in [6.45, 7) is 0.710. The van der Waals surface area contributed by atoms with Gasteiger partial charge < -0.3 is 10.6 Å². The van der Waals surface area contributed by atoms with Gasteiger partial charge in [0.25, 0.3) is 0 Å². The third-order valence-electron chi connectivity index (χ3n) is 6.18. The van der Waals surface area contributed by atoms with Crippen molar-refractivity contribution in [2.75, 3.05) is 24.6 Å². The second-order valence-electron chi connectivity index (χ2n) is 8.72. The maximum atomic E-state index is 12.1. The van der Waals surface area contributed by atoms with E-state index in [9.17, 15) is 20.1 Å². The Kier molecular flexibility index (Phi) is 9.21. The van der Waals surface area contributed by atoms with Crippen LogP contribution in [-0.4, -0.2) is 46.4 Å². The van der Waals surface area contributed by atoms with Crippen molar-refractivity contribution >= 4 is 35.3 Å². The van der Waals surface area contributed by atoms with Gasteiger partial charge >= 0.3 is 0 Å². The Labute approximate surface area is 219 Å². The lowest BCUT2D eigenvalue weighted by molar-refractivity contribution is -0.122. The van der Waals surface area contributed by atoms with Crippen molar-refractivity contribution < 1.29 is 9.59 Å².